The van der Waals surface area contributed by atoms with E-state index in [1.807, 2.05) is 0 Å². The number of nitrogens with zero attached hydrogens (tertiary/aromatic N) is 1. The molecule has 0 aromatic heterocycles. The van der Waals surface area contributed by atoms with Crippen molar-refractivity contribution in [3.8, 4) is 0 Å². The number of rotatable bonds is 5. The van der Waals surface area contributed by atoms with Gasteiger partial charge in [0.1, 0.15) is 11.2 Å². The fourth-order valence-corrected chi connectivity index (χ4v) is 2.21. The molecule has 0 radical (unpaired) electrons. The Labute approximate surface area is 121 Å². The molecule has 1 amide bonds. The number of para-hydroxylation sites is 1. The Bertz CT molecular complexity index is 510. The number of nitrogens with one attached hydrogen (secondary N) is 1. The maximum absolute atomic E-state index is 13.7. The van der Waals surface area contributed by atoms with E-state index in [9.17, 15) is 9.18 Å². The maximum Gasteiger partial charge on any atom is 0.238 e. The Kier molecular flexibility index (Phi) is 5.33. The molecule has 1 rings (SSSR count). The minimum absolute atomic E-state index is 0.0824. The van der Waals surface area contributed by atoms with E-state index in [2.05, 4.69) is 10.5 Å². The Balaban J connectivity index is 3.16. The molecule has 110 valence electrons. The van der Waals surface area contributed by atoms with Crippen molar-refractivity contribution in [2.45, 2.75) is 26.7 Å². The molecular weight excluding hydrogens is 285 g/mol. The standard InChI is InChI=1S/C13H17ClFN3O2/c1-3-13(4-2,11(16)18-20)12(19)17-10-8(14)6-5-7-9(10)15/h5-7,20H,3-4H2,1-2H3,(H2,16,18)(H,17,19). The molecule has 0 heterocycles. The van der Waals surface area contributed by atoms with Crippen LogP contribution in [-0.2, 0) is 4.79 Å². The molecule has 0 atom stereocenters. The van der Waals surface area contributed by atoms with Gasteiger partial charge in [0.15, 0.2) is 5.84 Å². The molecule has 1 aromatic rings. The number of amides is 1. The fourth-order valence-electron chi connectivity index (χ4n) is 2.00. The summed E-state index contributed by atoms with van der Waals surface area (Å²) < 4.78 is 13.7. The second-order valence-corrected chi connectivity index (χ2v) is 4.73. The average Bonchev–Trinajstić information content (AvgIpc) is 2.44. The van der Waals surface area contributed by atoms with Crippen LogP contribution in [0.4, 0.5) is 10.1 Å². The van der Waals surface area contributed by atoms with Crippen molar-refractivity contribution in [2.75, 3.05) is 5.32 Å². The van der Waals surface area contributed by atoms with Crippen molar-refractivity contribution in [1.29, 1.82) is 0 Å². The maximum atomic E-state index is 13.7. The molecule has 0 saturated heterocycles. The summed E-state index contributed by atoms with van der Waals surface area (Å²) in [4.78, 5) is 12.4. The highest BCUT2D eigenvalue weighted by molar-refractivity contribution is 6.34. The van der Waals surface area contributed by atoms with Gasteiger partial charge in [-0.15, -0.1) is 0 Å². The predicted octanol–water partition coefficient (Wildman–Crippen LogP) is 2.97. The van der Waals surface area contributed by atoms with Gasteiger partial charge in [-0.1, -0.05) is 36.7 Å². The van der Waals surface area contributed by atoms with Crippen LogP contribution in [0.25, 0.3) is 0 Å². The summed E-state index contributed by atoms with van der Waals surface area (Å²) in [6.45, 7) is 3.45. The van der Waals surface area contributed by atoms with E-state index in [-0.39, 0.29) is 16.5 Å². The van der Waals surface area contributed by atoms with Gasteiger partial charge in [-0.3, -0.25) is 4.79 Å². The van der Waals surface area contributed by atoms with Gasteiger partial charge in [0.2, 0.25) is 5.91 Å². The monoisotopic (exact) mass is 301 g/mol. The van der Waals surface area contributed by atoms with E-state index in [1.54, 1.807) is 13.8 Å². The third-order valence-electron chi connectivity index (χ3n) is 3.44. The molecule has 0 aliphatic heterocycles. The summed E-state index contributed by atoms with van der Waals surface area (Å²) in [7, 11) is 0. The van der Waals surface area contributed by atoms with Gasteiger partial charge in [-0.2, -0.15) is 0 Å². The van der Waals surface area contributed by atoms with Crippen LogP contribution in [0.5, 0.6) is 0 Å². The highest BCUT2D eigenvalue weighted by Gasteiger charge is 2.40. The molecule has 0 spiro atoms. The van der Waals surface area contributed by atoms with E-state index in [0.717, 1.165) is 0 Å². The summed E-state index contributed by atoms with van der Waals surface area (Å²) in [5.74, 6) is -1.43. The summed E-state index contributed by atoms with van der Waals surface area (Å²) in [5, 5.41) is 14.3. The molecule has 0 bridgehead atoms. The van der Waals surface area contributed by atoms with Gasteiger partial charge in [-0.05, 0) is 25.0 Å². The average molecular weight is 302 g/mol. The van der Waals surface area contributed by atoms with Crippen LogP contribution in [0.1, 0.15) is 26.7 Å². The lowest BCUT2D eigenvalue weighted by Crippen LogP contribution is -2.46. The minimum atomic E-state index is -1.21. The van der Waals surface area contributed by atoms with Crippen molar-refractivity contribution in [2.24, 2.45) is 16.3 Å². The second-order valence-electron chi connectivity index (χ2n) is 4.33. The van der Waals surface area contributed by atoms with Gasteiger partial charge in [0.05, 0.1) is 10.7 Å². The molecule has 20 heavy (non-hydrogen) atoms. The SMILES string of the molecule is CCC(CC)(C(=O)Nc1c(F)cccc1Cl)/C(N)=N/O. The fraction of sp³-hybridized carbons (Fsp3) is 0.385. The van der Waals surface area contributed by atoms with Crippen LogP contribution in [0, 0.1) is 11.2 Å². The normalized spacial score (nSPS) is 12.3. The number of amidine groups is 1. The Hall–Kier alpha value is -1.82. The highest BCUT2D eigenvalue weighted by Crippen LogP contribution is 2.31. The van der Waals surface area contributed by atoms with Crippen LogP contribution in [0.2, 0.25) is 5.02 Å². The molecule has 0 saturated carbocycles. The van der Waals surface area contributed by atoms with Crippen LogP contribution in [0.3, 0.4) is 0 Å². The summed E-state index contributed by atoms with van der Waals surface area (Å²) >= 11 is 5.86. The zero-order valence-electron chi connectivity index (χ0n) is 11.3. The van der Waals surface area contributed by atoms with Crippen molar-refractivity contribution < 1.29 is 14.4 Å². The van der Waals surface area contributed by atoms with Gasteiger partial charge in [-0.25, -0.2) is 4.39 Å². The van der Waals surface area contributed by atoms with Gasteiger partial charge >= 0.3 is 0 Å². The van der Waals surface area contributed by atoms with Crippen molar-refractivity contribution >= 4 is 29.0 Å². The molecule has 0 unspecified atom stereocenters. The summed E-state index contributed by atoms with van der Waals surface area (Å²) in [5.41, 5.74) is 4.29. The van der Waals surface area contributed by atoms with Crippen molar-refractivity contribution in [1.82, 2.24) is 0 Å². The van der Waals surface area contributed by atoms with Gasteiger partial charge in [0, 0.05) is 0 Å². The first-order valence-corrected chi connectivity index (χ1v) is 6.54. The zero-order chi connectivity index (χ0) is 15.3. The number of halogens is 2. The Morgan fingerprint density at radius 3 is 2.55 bits per heavy atom. The van der Waals surface area contributed by atoms with Crippen LogP contribution >= 0.6 is 11.6 Å². The van der Waals surface area contributed by atoms with Gasteiger partial charge in [0.25, 0.3) is 0 Å². The van der Waals surface area contributed by atoms with E-state index in [4.69, 9.17) is 22.5 Å². The first-order valence-electron chi connectivity index (χ1n) is 6.16. The molecule has 7 heteroatoms. The van der Waals surface area contributed by atoms with E-state index >= 15 is 0 Å². The molecule has 0 aliphatic carbocycles. The van der Waals surface area contributed by atoms with Crippen LogP contribution < -0.4 is 11.1 Å². The lowest BCUT2D eigenvalue weighted by Gasteiger charge is -2.28. The number of oxime groups is 1. The zero-order valence-corrected chi connectivity index (χ0v) is 12.0. The molecule has 1 aromatic carbocycles. The Morgan fingerprint density at radius 2 is 2.10 bits per heavy atom. The molecule has 0 aliphatic rings. The van der Waals surface area contributed by atoms with Crippen LogP contribution in [0.15, 0.2) is 23.4 Å². The number of benzene rings is 1. The number of carbonyl (C=O) groups excluding carboxylic acids is 1. The van der Waals surface area contributed by atoms with Crippen molar-refractivity contribution in [3.63, 3.8) is 0 Å². The van der Waals surface area contributed by atoms with Crippen molar-refractivity contribution in [3.05, 3.63) is 29.0 Å². The first kappa shape index (κ1) is 16.2. The molecule has 5 nitrogen and oxygen atoms in total. The quantitative estimate of drug-likeness (QED) is 0.338. The number of hydrogen-bond acceptors (Lipinski definition) is 3. The second kappa shape index (κ2) is 6.56. The largest absolute Gasteiger partial charge is 0.409 e. The highest BCUT2D eigenvalue weighted by atomic mass is 35.5. The number of anilines is 1. The molecule has 4 N–H and O–H groups in total. The molecular formula is C13H17ClFN3O2. The smallest absolute Gasteiger partial charge is 0.238 e. The lowest BCUT2D eigenvalue weighted by molar-refractivity contribution is -0.122. The topological polar surface area (TPSA) is 87.7 Å². The van der Waals surface area contributed by atoms with Crippen LogP contribution in [-0.4, -0.2) is 17.0 Å². The summed E-state index contributed by atoms with van der Waals surface area (Å²) in [6, 6.07) is 4.08. The Morgan fingerprint density at radius 1 is 1.50 bits per heavy atom. The van der Waals surface area contributed by atoms with E-state index in [0.29, 0.717) is 12.8 Å². The van der Waals surface area contributed by atoms with E-state index in [1.165, 1.54) is 18.2 Å². The number of carbonyl (C=O) groups is 1. The third-order valence-corrected chi connectivity index (χ3v) is 3.76. The minimum Gasteiger partial charge on any atom is -0.409 e. The van der Waals surface area contributed by atoms with Gasteiger partial charge < -0.3 is 16.3 Å². The van der Waals surface area contributed by atoms with E-state index < -0.39 is 17.1 Å². The first-order chi connectivity index (χ1) is 9.42. The third kappa shape index (κ3) is 2.85. The number of hydrogen-bond donors (Lipinski definition) is 3. The predicted molar refractivity (Wildman–Crippen MR) is 76.5 cm³/mol. The number of nitrogens with two attached hydrogens (primary N) is 1. The summed E-state index contributed by atoms with van der Waals surface area (Å²) in [6.07, 6.45) is 0.606. The molecule has 0 fully saturated rings. The lowest BCUT2D eigenvalue weighted by atomic mass is 9.80.